The molecule has 0 aliphatic heterocycles. The van der Waals surface area contributed by atoms with E-state index in [1.807, 2.05) is 0 Å². The van der Waals surface area contributed by atoms with E-state index >= 15 is 0 Å². The van der Waals surface area contributed by atoms with E-state index < -0.39 is 12.1 Å². The molecule has 1 N–H and O–H groups in total. The molecule has 5 nitrogen and oxygen atoms in total. The maximum atomic E-state index is 11.5. The van der Waals surface area contributed by atoms with Gasteiger partial charge in [0.25, 0.3) is 0 Å². The van der Waals surface area contributed by atoms with Crippen LogP contribution in [0.2, 0.25) is 5.02 Å². The predicted octanol–water partition coefficient (Wildman–Crippen LogP) is 3.43. The zero-order valence-corrected chi connectivity index (χ0v) is 13.5. The molecule has 2 rings (SSSR count). The molecule has 2 aromatic rings. The fourth-order valence-electron chi connectivity index (χ4n) is 2.10. The van der Waals surface area contributed by atoms with E-state index in [2.05, 4.69) is 0 Å². The number of halogens is 1. The number of benzene rings is 2. The zero-order chi connectivity index (χ0) is 16.8. The van der Waals surface area contributed by atoms with Crippen molar-refractivity contribution < 1.29 is 24.1 Å². The average molecular weight is 337 g/mol. The van der Waals surface area contributed by atoms with Gasteiger partial charge in [0.05, 0.1) is 14.2 Å². The molecule has 0 amide bonds. The average Bonchev–Trinajstić information content (AvgIpc) is 2.55. The van der Waals surface area contributed by atoms with Crippen molar-refractivity contribution in [2.24, 2.45) is 0 Å². The summed E-state index contributed by atoms with van der Waals surface area (Å²) in [6.07, 6.45) is -0.929. The molecule has 0 saturated heterocycles. The lowest BCUT2D eigenvalue weighted by molar-refractivity contribution is -0.145. The van der Waals surface area contributed by atoms with Crippen LogP contribution in [0.5, 0.6) is 17.2 Å². The van der Waals surface area contributed by atoms with Crippen LogP contribution in [-0.4, -0.2) is 31.4 Å². The van der Waals surface area contributed by atoms with Crippen LogP contribution in [0.1, 0.15) is 5.56 Å². The molecule has 0 aromatic heterocycles. The van der Waals surface area contributed by atoms with Gasteiger partial charge in [-0.05, 0) is 48.0 Å². The van der Waals surface area contributed by atoms with E-state index in [1.54, 1.807) is 49.6 Å². The molecule has 0 heterocycles. The first kappa shape index (κ1) is 17.0. The standard InChI is InChI=1S/C17H17ClO5/c1-21-13-4-6-14(7-5-13)23-16(17(19)20)10-11-9-12(18)3-8-15(11)22-2/h3-9,16H,10H2,1-2H3,(H,19,20)/t16-/m1/s1. The van der Waals surface area contributed by atoms with Gasteiger partial charge in [-0.1, -0.05) is 11.6 Å². The molecule has 0 saturated carbocycles. The van der Waals surface area contributed by atoms with Gasteiger partial charge in [-0.3, -0.25) is 0 Å². The van der Waals surface area contributed by atoms with Gasteiger partial charge in [-0.25, -0.2) is 4.79 Å². The van der Waals surface area contributed by atoms with Crippen LogP contribution in [0.15, 0.2) is 42.5 Å². The van der Waals surface area contributed by atoms with Crippen LogP contribution in [0.4, 0.5) is 0 Å². The van der Waals surface area contributed by atoms with E-state index in [9.17, 15) is 9.90 Å². The lowest BCUT2D eigenvalue weighted by Crippen LogP contribution is -2.29. The summed E-state index contributed by atoms with van der Waals surface area (Å²) < 4.78 is 15.9. The van der Waals surface area contributed by atoms with Crippen molar-refractivity contribution in [3.05, 3.63) is 53.1 Å². The summed E-state index contributed by atoms with van der Waals surface area (Å²) in [5.41, 5.74) is 0.668. The van der Waals surface area contributed by atoms with Gasteiger partial charge in [0, 0.05) is 11.4 Å². The Morgan fingerprint density at radius 2 is 1.74 bits per heavy atom. The highest BCUT2D eigenvalue weighted by molar-refractivity contribution is 6.30. The van der Waals surface area contributed by atoms with Crippen molar-refractivity contribution in [2.75, 3.05) is 14.2 Å². The molecule has 0 aliphatic rings. The Morgan fingerprint density at radius 1 is 1.09 bits per heavy atom. The number of hydrogen-bond donors (Lipinski definition) is 1. The van der Waals surface area contributed by atoms with Crippen LogP contribution >= 0.6 is 11.6 Å². The Morgan fingerprint density at radius 3 is 2.30 bits per heavy atom. The van der Waals surface area contributed by atoms with Crippen LogP contribution in [-0.2, 0) is 11.2 Å². The summed E-state index contributed by atoms with van der Waals surface area (Å²) in [5.74, 6) is 0.613. The van der Waals surface area contributed by atoms with Crippen molar-refractivity contribution in [1.29, 1.82) is 0 Å². The topological polar surface area (TPSA) is 65.0 Å². The number of carboxylic acids is 1. The minimum Gasteiger partial charge on any atom is -0.497 e. The largest absolute Gasteiger partial charge is 0.497 e. The number of aliphatic carboxylic acids is 1. The van der Waals surface area contributed by atoms with Crippen molar-refractivity contribution in [3.63, 3.8) is 0 Å². The summed E-state index contributed by atoms with van der Waals surface area (Å²) in [6, 6.07) is 11.8. The number of methoxy groups -OCH3 is 2. The first-order chi connectivity index (χ1) is 11.0. The van der Waals surface area contributed by atoms with Crippen LogP contribution in [0.3, 0.4) is 0 Å². The second-order valence-corrected chi connectivity index (χ2v) is 5.22. The van der Waals surface area contributed by atoms with Crippen LogP contribution < -0.4 is 14.2 Å². The number of carbonyl (C=O) groups is 1. The summed E-state index contributed by atoms with van der Waals surface area (Å²) in [6.45, 7) is 0. The van der Waals surface area contributed by atoms with Crippen molar-refractivity contribution in [2.45, 2.75) is 12.5 Å². The Balaban J connectivity index is 2.18. The smallest absolute Gasteiger partial charge is 0.345 e. The maximum Gasteiger partial charge on any atom is 0.345 e. The van der Waals surface area contributed by atoms with Gasteiger partial charge < -0.3 is 19.3 Å². The maximum absolute atomic E-state index is 11.5. The molecule has 0 spiro atoms. The monoisotopic (exact) mass is 336 g/mol. The third-order valence-corrected chi connectivity index (χ3v) is 3.50. The van der Waals surface area contributed by atoms with E-state index in [1.165, 1.54) is 7.11 Å². The Hall–Kier alpha value is -2.40. The number of carboxylic acid groups (broad SMARTS) is 1. The van der Waals surface area contributed by atoms with E-state index in [0.29, 0.717) is 27.8 Å². The number of ether oxygens (including phenoxy) is 3. The highest BCUT2D eigenvalue weighted by Crippen LogP contribution is 2.26. The second-order valence-electron chi connectivity index (χ2n) is 4.78. The molecular formula is C17H17ClO5. The fourth-order valence-corrected chi connectivity index (χ4v) is 2.30. The molecule has 0 radical (unpaired) electrons. The second kappa shape index (κ2) is 7.74. The van der Waals surface area contributed by atoms with Gasteiger partial charge in [-0.15, -0.1) is 0 Å². The van der Waals surface area contributed by atoms with Crippen LogP contribution in [0, 0.1) is 0 Å². The quantitative estimate of drug-likeness (QED) is 0.839. The fraction of sp³-hybridized carbons (Fsp3) is 0.235. The first-order valence-electron chi connectivity index (χ1n) is 6.89. The molecule has 0 bridgehead atoms. The molecule has 122 valence electrons. The lowest BCUT2D eigenvalue weighted by atomic mass is 10.1. The minimum atomic E-state index is -1.07. The van der Waals surface area contributed by atoms with Gasteiger partial charge in [-0.2, -0.15) is 0 Å². The molecule has 6 heteroatoms. The first-order valence-corrected chi connectivity index (χ1v) is 7.27. The van der Waals surface area contributed by atoms with Crippen molar-refractivity contribution in [3.8, 4) is 17.2 Å². The van der Waals surface area contributed by atoms with Gasteiger partial charge in [0.1, 0.15) is 17.2 Å². The van der Waals surface area contributed by atoms with E-state index in [-0.39, 0.29) is 6.42 Å². The lowest BCUT2D eigenvalue weighted by Gasteiger charge is -2.17. The highest BCUT2D eigenvalue weighted by Gasteiger charge is 2.22. The Bertz CT molecular complexity index is 669. The van der Waals surface area contributed by atoms with Crippen molar-refractivity contribution >= 4 is 17.6 Å². The SMILES string of the molecule is COc1ccc(O[C@H](Cc2cc(Cl)ccc2OC)C(=O)O)cc1. The summed E-state index contributed by atoms with van der Waals surface area (Å²) in [7, 11) is 3.08. The molecule has 1 atom stereocenters. The molecule has 0 fully saturated rings. The van der Waals surface area contributed by atoms with Gasteiger partial charge in [0.2, 0.25) is 0 Å². The summed E-state index contributed by atoms with van der Waals surface area (Å²) in [5, 5.41) is 9.91. The molecular weight excluding hydrogens is 320 g/mol. The third kappa shape index (κ3) is 4.53. The number of rotatable bonds is 7. The highest BCUT2D eigenvalue weighted by atomic mass is 35.5. The molecule has 23 heavy (non-hydrogen) atoms. The third-order valence-electron chi connectivity index (χ3n) is 3.26. The predicted molar refractivity (Wildman–Crippen MR) is 86.8 cm³/mol. The minimum absolute atomic E-state index is 0.130. The zero-order valence-electron chi connectivity index (χ0n) is 12.8. The normalized spacial score (nSPS) is 11.6. The van der Waals surface area contributed by atoms with Crippen LogP contribution in [0.25, 0.3) is 0 Å². The number of hydrogen-bond acceptors (Lipinski definition) is 4. The molecule has 0 aliphatic carbocycles. The van der Waals surface area contributed by atoms with E-state index in [4.69, 9.17) is 25.8 Å². The van der Waals surface area contributed by atoms with Crippen molar-refractivity contribution in [1.82, 2.24) is 0 Å². The van der Waals surface area contributed by atoms with E-state index in [0.717, 1.165) is 0 Å². The molecule has 2 aromatic carbocycles. The summed E-state index contributed by atoms with van der Waals surface area (Å²) >= 11 is 5.97. The Kier molecular flexibility index (Phi) is 5.71. The van der Waals surface area contributed by atoms with Gasteiger partial charge >= 0.3 is 5.97 Å². The Labute approximate surface area is 139 Å². The summed E-state index contributed by atoms with van der Waals surface area (Å²) in [4.78, 5) is 11.5. The van der Waals surface area contributed by atoms with Gasteiger partial charge in [0.15, 0.2) is 6.10 Å². The molecule has 0 unspecified atom stereocenters.